The van der Waals surface area contributed by atoms with Crippen LogP contribution in [0, 0.1) is 18.3 Å². The monoisotopic (exact) mass is 456 g/mol. The lowest BCUT2D eigenvalue weighted by molar-refractivity contribution is 0.0418. The lowest BCUT2D eigenvalue weighted by Gasteiger charge is -2.25. The topological polar surface area (TPSA) is 24.9 Å². The van der Waals surface area contributed by atoms with Gasteiger partial charge in [-0.2, -0.15) is 0 Å². The van der Waals surface area contributed by atoms with Crippen molar-refractivity contribution in [1.82, 2.24) is 9.80 Å². The summed E-state index contributed by atoms with van der Waals surface area (Å²) in [4.78, 5) is 4.40. The average molecular weight is 457 g/mol. The van der Waals surface area contributed by atoms with Crippen molar-refractivity contribution in [3.63, 3.8) is 0 Å². The van der Waals surface area contributed by atoms with Crippen LogP contribution in [0.3, 0.4) is 0 Å². The molecule has 0 aliphatic rings. The molecule has 1 unspecified atom stereocenters. The fraction of sp³-hybridized carbons (Fsp3) is 0.517. The quantitative estimate of drug-likeness (QED) is 0.194. The molecule has 0 spiro atoms. The summed E-state index contributed by atoms with van der Waals surface area (Å²) in [6.07, 6.45) is 14.0. The molecule has 0 radical (unpaired) electrons. The van der Waals surface area contributed by atoms with E-state index in [4.69, 9.17) is 9.47 Å². The number of likely N-dealkylation sites (N-methyl/N-ethyl adjacent to an activating group) is 2. The molecule has 1 aromatic carbocycles. The first-order chi connectivity index (χ1) is 15.5. The molecule has 0 N–H and O–H groups in total. The van der Waals surface area contributed by atoms with Gasteiger partial charge in [0.2, 0.25) is 0 Å². The first-order valence-electron chi connectivity index (χ1n) is 11.5. The molecule has 186 valence electrons. The highest BCUT2D eigenvalue weighted by Gasteiger charge is 2.12. The normalized spacial score (nSPS) is 11.6. The van der Waals surface area contributed by atoms with Gasteiger partial charge in [0.05, 0.1) is 0 Å². The molecule has 1 rings (SSSR count). The van der Waals surface area contributed by atoms with E-state index in [0.717, 1.165) is 31.1 Å². The second-order valence-electron chi connectivity index (χ2n) is 9.29. The van der Waals surface area contributed by atoms with Crippen LogP contribution in [0.2, 0.25) is 0 Å². The van der Waals surface area contributed by atoms with E-state index in [9.17, 15) is 0 Å². The maximum atomic E-state index is 5.97. The van der Waals surface area contributed by atoms with Gasteiger partial charge in [-0.05, 0) is 42.7 Å². The Morgan fingerprint density at radius 3 is 2.30 bits per heavy atom. The van der Waals surface area contributed by atoms with Crippen LogP contribution in [0.1, 0.15) is 47.1 Å². The summed E-state index contributed by atoms with van der Waals surface area (Å²) in [6, 6.07) is 8.28. The van der Waals surface area contributed by atoms with E-state index < -0.39 is 0 Å². The van der Waals surface area contributed by atoms with Crippen LogP contribution in [0.4, 0.5) is 0 Å². The van der Waals surface area contributed by atoms with E-state index in [0.29, 0.717) is 18.6 Å². The Morgan fingerprint density at radius 2 is 1.82 bits per heavy atom. The minimum atomic E-state index is -0.0396. The zero-order valence-electron chi connectivity index (χ0n) is 22.4. The lowest BCUT2D eigenvalue weighted by Crippen LogP contribution is -2.33. The number of methoxy groups -OCH3 is 1. The molecule has 0 fully saturated rings. The molecule has 0 aliphatic carbocycles. The highest BCUT2D eigenvalue weighted by molar-refractivity contribution is 5.28. The molecule has 4 heteroatoms. The molecule has 0 aromatic heterocycles. The van der Waals surface area contributed by atoms with Gasteiger partial charge in [0.1, 0.15) is 18.5 Å². The summed E-state index contributed by atoms with van der Waals surface area (Å²) in [5.41, 5.74) is 2.62. The second-order valence-corrected chi connectivity index (χ2v) is 9.29. The second kappa shape index (κ2) is 19.0. The van der Waals surface area contributed by atoms with Gasteiger partial charge in [-0.1, -0.05) is 72.1 Å². The number of hydrogen-bond acceptors (Lipinski definition) is 4. The van der Waals surface area contributed by atoms with E-state index in [1.54, 1.807) is 13.2 Å². The predicted molar refractivity (Wildman–Crippen MR) is 145 cm³/mol. The summed E-state index contributed by atoms with van der Waals surface area (Å²) in [7, 11) is 3.68. The number of rotatable bonds is 13. The van der Waals surface area contributed by atoms with Crippen LogP contribution in [-0.4, -0.2) is 56.3 Å². The van der Waals surface area contributed by atoms with Crippen LogP contribution < -0.4 is 4.74 Å². The molecule has 0 bridgehead atoms. The molecular weight excluding hydrogens is 408 g/mol. The first-order valence-corrected chi connectivity index (χ1v) is 11.5. The van der Waals surface area contributed by atoms with Gasteiger partial charge < -0.3 is 14.4 Å². The largest absolute Gasteiger partial charge is 0.491 e. The highest BCUT2D eigenvalue weighted by atomic mass is 16.5. The summed E-state index contributed by atoms with van der Waals surface area (Å²) in [6.45, 7) is 24.8. The van der Waals surface area contributed by atoms with E-state index >= 15 is 0 Å². The molecule has 0 saturated carbocycles. The summed E-state index contributed by atoms with van der Waals surface area (Å²) >= 11 is 0. The smallest absolute Gasteiger partial charge is 0.119 e. The van der Waals surface area contributed by atoms with Crippen LogP contribution in [0.25, 0.3) is 0 Å². The number of nitrogens with zero attached hydrogens (tertiary/aromatic N) is 2. The lowest BCUT2D eigenvalue weighted by atomic mass is 10.0. The zero-order chi connectivity index (χ0) is 25.9. The minimum Gasteiger partial charge on any atom is -0.491 e. The molecule has 4 nitrogen and oxygen atoms in total. The number of terminal acetylenes is 1. The summed E-state index contributed by atoms with van der Waals surface area (Å²) in [5.74, 6) is 0.872. The summed E-state index contributed by atoms with van der Waals surface area (Å²) < 4.78 is 11.5. The number of allylic oxidation sites excluding steroid dienone is 2. The van der Waals surface area contributed by atoms with Crippen LogP contribution in [-0.2, 0) is 11.3 Å². The molecule has 0 heterocycles. The third kappa shape index (κ3) is 18.8. The SMILES string of the molecule is C#C.C=CC(=C)N(C)CC(COc1cccc(CN(CC)C/C=C/C)c1)OC.CC(C)(C)C. The number of ether oxygens (including phenoxy) is 2. The van der Waals surface area contributed by atoms with E-state index in [1.807, 2.05) is 24.1 Å². The zero-order valence-corrected chi connectivity index (χ0v) is 22.4. The van der Waals surface area contributed by atoms with E-state index in [1.165, 1.54) is 5.56 Å². The van der Waals surface area contributed by atoms with Crippen LogP contribution >= 0.6 is 0 Å². The van der Waals surface area contributed by atoms with Crippen molar-refractivity contribution < 1.29 is 9.47 Å². The van der Waals surface area contributed by atoms with Gasteiger partial charge in [0.15, 0.2) is 0 Å². The Hall–Kier alpha value is -2.48. The third-order valence-electron chi connectivity index (χ3n) is 4.32. The van der Waals surface area contributed by atoms with Gasteiger partial charge in [-0.15, -0.1) is 12.8 Å². The average Bonchev–Trinajstić information content (AvgIpc) is 2.79. The van der Waals surface area contributed by atoms with Crippen molar-refractivity contribution in [2.24, 2.45) is 5.41 Å². The van der Waals surface area contributed by atoms with Gasteiger partial charge >= 0.3 is 0 Å². The standard InChI is InChI=1S/C22H34N2O2.C5H12.C2H2/c1-7-10-14-24(9-3)16-20-12-11-13-21(15-20)26-18-22(25-6)17-23(5)19(4)8-2;1-5(2,3)4;1-2/h7-8,10-13,15,22H,2,4,9,14,16-18H2,1,3,5-6H3;1-4H3;1-2H/b10-7+;;. The Kier molecular flexibility index (Phi) is 18.9. The van der Waals surface area contributed by atoms with Crippen molar-refractivity contribution in [1.29, 1.82) is 0 Å². The third-order valence-corrected chi connectivity index (χ3v) is 4.32. The number of benzene rings is 1. The van der Waals surface area contributed by atoms with Crippen molar-refractivity contribution in [2.75, 3.05) is 40.4 Å². The van der Waals surface area contributed by atoms with E-state index in [-0.39, 0.29) is 6.10 Å². The fourth-order valence-corrected chi connectivity index (χ4v) is 2.51. The Labute approximate surface area is 205 Å². The maximum Gasteiger partial charge on any atom is 0.119 e. The van der Waals surface area contributed by atoms with Crippen molar-refractivity contribution in [3.8, 4) is 18.6 Å². The molecule has 0 aliphatic heterocycles. The molecule has 1 atom stereocenters. The van der Waals surface area contributed by atoms with Gasteiger partial charge in [-0.25, -0.2) is 0 Å². The van der Waals surface area contributed by atoms with Gasteiger partial charge in [0.25, 0.3) is 0 Å². The van der Waals surface area contributed by atoms with Crippen LogP contribution in [0.5, 0.6) is 5.75 Å². The maximum absolute atomic E-state index is 5.97. The Bertz CT molecular complexity index is 695. The Balaban J connectivity index is 0. The Morgan fingerprint density at radius 1 is 1.21 bits per heavy atom. The van der Waals surface area contributed by atoms with Crippen molar-refractivity contribution in [3.05, 3.63) is 66.9 Å². The molecule has 33 heavy (non-hydrogen) atoms. The van der Waals surface area contributed by atoms with Gasteiger partial charge in [0, 0.05) is 39.5 Å². The van der Waals surface area contributed by atoms with Crippen molar-refractivity contribution in [2.45, 2.75) is 54.2 Å². The van der Waals surface area contributed by atoms with Crippen molar-refractivity contribution >= 4 is 0 Å². The first kappa shape index (κ1) is 32.7. The minimum absolute atomic E-state index is 0.0396. The molecule has 0 saturated heterocycles. The number of hydrogen-bond donors (Lipinski definition) is 0. The molecule has 0 amide bonds. The van der Waals surface area contributed by atoms with Crippen LogP contribution in [0.15, 0.2) is 61.3 Å². The highest BCUT2D eigenvalue weighted by Crippen LogP contribution is 2.16. The molecule has 1 aromatic rings. The summed E-state index contributed by atoms with van der Waals surface area (Å²) in [5, 5.41) is 0. The van der Waals surface area contributed by atoms with Gasteiger partial charge in [-0.3, -0.25) is 4.90 Å². The molecular formula is C29H48N2O2. The van der Waals surface area contributed by atoms with E-state index in [2.05, 4.69) is 96.7 Å². The fourth-order valence-electron chi connectivity index (χ4n) is 2.51. The predicted octanol–water partition coefficient (Wildman–Crippen LogP) is 6.41.